The molecule has 0 radical (unpaired) electrons. The summed E-state index contributed by atoms with van der Waals surface area (Å²) in [6.07, 6.45) is 0. The molecule has 4 rings (SSSR count). The van der Waals surface area contributed by atoms with E-state index in [1.54, 1.807) is 0 Å². The van der Waals surface area contributed by atoms with Gasteiger partial charge in [-0.25, -0.2) is 18.2 Å². The van der Waals surface area contributed by atoms with Gasteiger partial charge in [-0.15, -0.1) is 0 Å². The van der Waals surface area contributed by atoms with Crippen molar-refractivity contribution in [1.82, 2.24) is 15.2 Å². The minimum atomic E-state index is -0.641. The topological polar surface area (TPSA) is 48.5 Å². The van der Waals surface area contributed by atoms with Crippen LogP contribution in [0.2, 0.25) is 0 Å². The molecule has 3 aromatic rings. The van der Waals surface area contributed by atoms with Crippen molar-refractivity contribution in [3.63, 3.8) is 0 Å². The molecule has 5 nitrogen and oxygen atoms in total. The molecule has 9 heteroatoms. The fraction of sp³-hybridized carbons (Fsp3) is 0.300. The van der Waals surface area contributed by atoms with Crippen LogP contribution in [0.25, 0.3) is 10.2 Å². The molecule has 0 bridgehead atoms. The molecule has 2 aromatic carbocycles. The zero-order valence-corrected chi connectivity index (χ0v) is 16.3. The molecule has 0 spiro atoms. The van der Waals surface area contributed by atoms with Gasteiger partial charge in [0.2, 0.25) is 0 Å². The molecule has 0 atom stereocenters. The maximum Gasteiger partial charge on any atom is 0.251 e. The zero-order chi connectivity index (χ0) is 20.4. The molecule has 29 heavy (non-hydrogen) atoms. The number of hydrogen-bond donors (Lipinski definition) is 1. The van der Waals surface area contributed by atoms with Crippen LogP contribution in [0, 0.1) is 17.5 Å². The van der Waals surface area contributed by atoms with Crippen molar-refractivity contribution in [2.24, 2.45) is 0 Å². The van der Waals surface area contributed by atoms with Crippen molar-refractivity contribution in [3.05, 3.63) is 59.4 Å². The van der Waals surface area contributed by atoms with Crippen molar-refractivity contribution in [2.75, 3.05) is 44.2 Å². The van der Waals surface area contributed by atoms with Crippen LogP contribution in [0.4, 0.5) is 18.3 Å². The average molecular weight is 420 g/mol. The molecule has 1 N–H and O–H groups in total. The number of amides is 1. The van der Waals surface area contributed by atoms with Gasteiger partial charge in [-0.2, -0.15) is 0 Å². The van der Waals surface area contributed by atoms with Gasteiger partial charge in [0.1, 0.15) is 17.2 Å². The number of carbonyl (C=O) groups excluding carboxylic acids is 1. The Balaban J connectivity index is 1.27. The highest BCUT2D eigenvalue weighted by Gasteiger charge is 2.21. The molecule has 1 fully saturated rings. The van der Waals surface area contributed by atoms with E-state index in [-0.39, 0.29) is 17.2 Å². The van der Waals surface area contributed by atoms with Crippen molar-refractivity contribution >= 4 is 32.6 Å². The minimum absolute atomic E-state index is 0.206. The van der Waals surface area contributed by atoms with E-state index in [1.165, 1.54) is 41.7 Å². The Morgan fingerprint density at radius 1 is 1.03 bits per heavy atom. The number of anilines is 1. The minimum Gasteiger partial charge on any atom is -0.351 e. The third-order valence-corrected chi connectivity index (χ3v) is 5.93. The van der Waals surface area contributed by atoms with Crippen LogP contribution in [-0.4, -0.2) is 55.1 Å². The fourth-order valence-electron chi connectivity index (χ4n) is 3.27. The normalized spacial score (nSPS) is 15.1. The number of aromatic nitrogens is 1. The van der Waals surface area contributed by atoms with Crippen LogP contribution in [0.1, 0.15) is 10.4 Å². The molecule has 1 aromatic heterocycles. The lowest BCUT2D eigenvalue weighted by molar-refractivity contribution is 0.0947. The van der Waals surface area contributed by atoms with Gasteiger partial charge in [0.15, 0.2) is 10.9 Å². The molecule has 1 amide bonds. The van der Waals surface area contributed by atoms with E-state index >= 15 is 0 Å². The van der Waals surface area contributed by atoms with Crippen molar-refractivity contribution in [1.29, 1.82) is 0 Å². The molecule has 2 heterocycles. The maximum atomic E-state index is 13.9. The van der Waals surface area contributed by atoms with Gasteiger partial charge in [-0.1, -0.05) is 11.3 Å². The molecule has 0 unspecified atom stereocenters. The molecule has 1 saturated heterocycles. The van der Waals surface area contributed by atoms with Crippen LogP contribution in [0.5, 0.6) is 0 Å². The van der Waals surface area contributed by atoms with Crippen LogP contribution in [0.15, 0.2) is 36.4 Å². The van der Waals surface area contributed by atoms with Crippen LogP contribution in [0.3, 0.4) is 0 Å². The van der Waals surface area contributed by atoms with E-state index in [9.17, 15) is 18.0 Å². The highest BCUT2D eigenvalue weighted by atomic mass is 32.1. The molecule has 152 valence electrons. The van der Waals surface area contributed by atoms with E-state index in [0.717, 1.165) is 32.2 Å². The first-order chi connectivity index (χ1) is 14.0. The second-order valence-corrected chi connectivity index (χ2v) is 7.83. The van der Waals surface area contributed by atoms with Crippen LogP contribution >= 0.6 is 11.3 Å². The van der Waals surface area contributed by atoms with Gasteiger partial charge in [-0.05, 0) is 30.3 Å². The van der Waals surface area contributed by atoms with Gasteiger partial charge in [0, 0.05) is 50.9 Å². The SMILES string of the molecule is O=C(NCCN1CCN(c2nc3c(F)cc(F)cc3s2)CC1)c1ccc(F)cc1. The van der Waals surface area contributed by atoms with E-state index in [1.807, 2.05) is 0 Å². The summed E-state index contributed by atoms with van der Waals surface area (Å²) in [6, 6.07) is 7.59. The molecule has 0 aliphatic carbocycles. The van der Waals surface area contributed by atoms with Crippen molar-refractivity contribution in [2.45, 2.75) is 0 Å². The lowest BCUT2D eigenvalue weighted by Crippen LogP contribution is -2.48. The Labute approximate surface area is 169 Å². The Morgan fingerprint density at radius 3 is 2.48 bits per heavy atom. The summed E-state index contributed by atoms with van der Waals surface area (Å²) < 4.78 is 40.7. The Bertz CT molecular complexity index is 1020. The highest BCUT2D eigenvalue weighted by Crippen LogP contribution is 2.31. The summed E-state index contributed by atoms with van der Waals surface area (Å²) in [5, 5.41) is 3.52. The first kappa shape index (κ1) is 19.7. The number of nitrogens with one attached hydrogen (secondary N) is 1. The van der Waals surface area contributed by atoms with E-state index in [2.05, 4.69) is 20.1 Å². The molecule has 1 aliphatic rings. The third-order valence-electron chi connectivity index (χ3n) is 4.86. The molecule has 1 aliphatic heterocycles. The summed E-state index contributed by atoms with van der Waals surface area (Å²) in [7, 11) is 0. The number of carbonyl (C=O) groups is 1. The van der Waals surface area contributed by atoms with Crippen molar-refractivity contribution < 1.29 is 18.0 Å². The number of nitrogens with zero attached hydrogens (tertiary/aromatic N) is 3. The Hall–Kier alpha value is -2.65. The zero-order valence-electron chi connectivity index (χ0n) is 15.5. The monoisotopic (exact) mass is 420 g/mol. The Kier molecular flexibility index (Phi) is 5.68. The molecular formula is C20H19F3N4OS. The number of halogens is 3. The van der Waals surface area contributed by atoms with Crippen LogP contribution < -0.4 is 10.2 Å². The maximum absolute atomic E-state index is 13.9. The van der Waals surface area contributed by atoms with E-state index in [4.69, 9.17) is 0 Å². The quantitative estimate of drug-likeness (QED) is 0.689. The predicted molar refractivity (Wildman–Crippen MR) is 107 cm³/mol. The number of piperazine rings is 1. The van der Waals surface area contributed by atoms with Gasteiger partial charge in [0.25, 0.3) is 5.91 Å². The first-order valence-electron chi connectivity index (χ1n) is 9.26. The summed E-state index contributed by atoms with van der Waals surface area (Å²) in [5.41, 5.74) is 0.632. The molecular weight excluding hydrogens is 401 g/mol. The number of hydrogen-bond acceptors (Lipinski definition) is 5. The number of fused-ring (bicyclic) bond motifs is 1. The number of rotatable bonds is 5. The van der Waals surface area contributed by atoms with Gasteiger partial charge < -0.3 is 10.2 Å². The Morgan fingerprint density at radius 2 is 1.76 bits per heavy atom. The lowest BCUT2D eigenvalue weighted by atomic mass is 10.2. The predicted octanol–water partition coefficient (Wildman–Crippen LogP) is 3.27. The van der Waals surface area contributed by atoms with E-state index in [0.29, 0.717) is 28.5 Å². The summed E-state index contributed by atoms with van der Waals surface area (Å²) in [6.45, 7) is 4.17. The number of thiazole rings is 1. The summed E-state index contributed by atoms with van der Waals surface area (Å²) in [4.78, 5) is 20.7. The largest absolute Gasteiger partial charge is 0.351 e. The van der Waals surface area contributed by atoms with Gasteiger partial charge >= 0.3 is 0 Å². The molecule has 0 saturated carbocycles. The fourth-order valence-corrected chi connectivity index (χ4v) is 4.33. The second kappa shape index (κ2) is 8.38. The standard InChI is InChI=1S/C20H19F3N4OS/c21-14-3-1-13(2-4-14)19(28)24-5-6-26-7-9-27(10-8-26)20-25-18-16(23)11-15(22)12-17(18)29-20/h1-4,11-12H,5-10H2,(H,24,28). The van der Waals surface area contributed by atoms with Gasteiger partial charge in [0.05, 0.1) is 4.70 Å². The lowest BCUT2D eigenvalue weighted by Gasteiger charge is -2.34. The third kappa shape index (κ3) is 4.51. The van der Waals surface area contributed by atoms with E-state index < -0.39 is 11.6 Å². The van der Waals surface area contributed by atoms with Gasteiger partial charge in [-0.3, -0.25) is 9.69 Å². The highest BCUT2D eigenvalue weighted by molar-refractivity contribution is 7.22. The van der Waals surface area contributed by atoms with Crippen LogP contribution in [-0.2, 0) is 0 Å². The number of benzene rings is 2. The summed E-state index contributed by atoms with van der Waals surface area (Å²) >= 11 is 1.29. The first-order valence-corrected chi connectivity index (χ1v) is 10.1. The van der Waals surface area contributed by atoms with Crippen molar-refractivity contribution in [3.8, 4) is 0 Å². The average Bonchev–Trinajstić information content (AvgIpc) is 3.13. The smallest absolute Gasteiger partial charge is 0.251 e. The summed E-state index contributed by atoms with van der Waals surface area (Å²) in [5.74, 6) is -1.84. The second-order valence-electron chi connectivity index (χ2n) is 6.82.